The lowest BCUT2D eigenvalue weighted by atomic mass is 10.2. The van der Waals surface area contributed by atoms with Gasteiger partial charge in [-0.1, -0.05) is 12.1 Å². The lowest BCUT2D eigenvalue weighted by molar-refractivity contribution is -0.129. The predicted molar refractivity (Wildman–Crippen MR) is 75.7 cm³/mol. The van der Waals surface area contributed by atoms with Crippen molar-refractivity contribution in [1.29, 1.82) is 0 Å². The van der Waals surface area contributed by atoms with Crippen molar-refractivity contribution in [3.05, 3.63) is 28.2 Å². The fourth-order valence-corrected chi connectivity index (χ4v) is 2.03. The molecule has 0 heterocycles. The van der Waals surface area contributed by atoms with E-state index in [1.807, 2.05) is 25.2 Å². The molecule has 100 valence electrons. The van der Waals surface area contributed by atoms with Crippen molar-refractivity contribution < 1.29 is 9.53 Å². The van der Waals surface area contributed by atoms with Gasteiger partial charge in [-0.25, -0.2) is 0 Å². The number of hydrogen-bond donors (Lipinski definition) is 1. The highest BCUT2D eigenvalue weighted by atomic mass is 79.9. The Balaban J connectivity index is 2.63. The zero-order valence-electron chi connectivity index (χ0n) is 11.0. The Kier molecular flexibility index (Phi) is 6.15. The van der Waals surface area contributed by atoms with Crippen LogP contribution in [0.25, 0.3) is 0 Å². The van der Waals surface area contributed by atoms with Crippen LogP contribution in [-0.4, -0.2) is 38.6 Å². The van der Waals surface area contributed by atoms with Gasteiger partial charge in [0, 0.05) is 26.2 Å². The Labute approximate surface area is 116 Å². The molecule has 1 aromatic carbocycles. The van der Waals surface area contributed by atoms with Crippen LogP contribution < -0.4 is 10.1 Å². The second kappa shape index (κ2) is 7.38. The Hall–Kier alpha value is -1.07. The van der Waals surface area contributed by atoms with Crippen molar-refractivity contribution in [3.63, 3.8) is 0 Å². The summed E-state index contributed by atoms with van der Waals surface area (Å²) in [6.45, 7) is 1.12. The van der Waals surface area contributed by atoms with Crippen LogP contribution in [0.15, 0.2) is 22.7 Å². The first-order chi connectivity index (χ1) is 8.56. The topological polar surface area (TPSA) is 41.6 Å². The number of benzene rings is 1. The minimum atomic E-state index is 0.0669. The summed E-state index contributed by atoms with van der Waals surface area (Å²) in [7, 11) is 5.38. The molecule has 1 aromatic rings. The first-order valence-electron chi connectivity index (χ1n) is 5.81. The molecule has 1 rings (SSSR count). The summed E-state index contributed by atoms with van der Waals surface area (Å²) in [6, 6.07) is 5.90. The molecule has 0 aliphatic rings. The third-order valence-electron chi connectivity index (χ3n) is 2.48. The smallest absolute Gasteiger partial charge is 0.225 e. The summed E-state index contributed by atoms with van der Waals surface area (Å²) in [4.78, 5) is 13.0. The molecule has 0 atom stereocenters. The van der Waals surface area contributed by atoms with Gasteiger partial charge in [0.15, 0.2) is 0 Å². The van der Waals surface area contributed by atoms with Gasteiger partial charge in [0.2, 0.25) is 5.91 Å². The van der Waals surface area contributed by atoms with Crippen LogP contribution in [0.3, 0.4) is 0 Å². The van der Waals surface area contributed by atoms with E-state index in [1.165, 1.54) is 0 Å². The molecule has 0 aliphatic carbocycles. The van der Waals surface area contributed by atoms with E-state index >= 15 is 0 Å². The van der Waals surface area contributed by atoms with E-state index in [2.05, 4.69) is 21.2 Å². The molecule has 0 spiro atoms. The van der Waals surface area contributed by atoms with E-state index in [0.717, 1.165) is 22.3 Å². The second-order valence-electron chi connectivity index (χ2n) is 4.15. The molecule has 0 aliphatic heterocycles. The third-order valence-corrected chi connectivity index (χ3v) is 3.10. The van der Waals surface area contributed by atoms with E-state index in [-0.39, 0.29) is 5.91 Å². The van der Waals surface area contributed by atoms with Gasteiger partial charge in [-0.15, -0.1) is 0 Å². The fourth-order valence-electron chi connectivity index (χ4n) is 1.51. The highest BCUT2D eigenvalue weighted by Crippen LogP contribution is 2.29. The molecule has 0 fully saturated rings. The number of carbonyl (C=O) groups is 1. The van der Waals surface area contributed by atoms with Crippen LogP contribution in [0.4, 0.5) is 0 Å². The van der Waals surface area contributed by atoms with E-state index in [0.29, 0.717) is 13.0 Å². The maximum absolute atomic E-state index is 11.5. The lowest BCUT2D eigenvalue weighted by Gasteiger charge is -2.14. The zero-order chi connectivity index (χ0) is 13.5. The number of hydrogen-bond acceptors (Lipinski definition) is 3. The number of nitrogens with one attached hydrogen (secondary N) is 1. The van der Waals surface area contributed by atoms with Gasteiger partial charge >= 0.3 is 0 Å². The molecule has 0 aromatic heterocycles. The van der Waals surface area contributed by atoms with Crippen LogP contribution in [0.2, 0.25) is 0 Å². The standard InChI is InChI=1S/C13H19BrN2O2/c1-15-9-10-5-4-6-11(14)13(10)18-8-7-12(17)16(2)3/h4-6,15H,7-9H2,1-3H3. The average molecular weight is 315 g/mol. The van der Waals surface area contributed by atoms with Gasteiger partial charge < -0.3 is 15.0 Å². The van der Waals surface area contributed by atoms with Crippen LogP contribution in [0.5, 0.6) is 5.75 Å². The largest absolute Gasteiger partial charge is 0.492 e. The Morgan fingerprint density at radius 3 is 2.78 bits per heavy atom. The first-order valence-corrected chi connectivity index (χ1v) is 6.60. The van der Waals surface area contributed by atoms with Gasteiger partial charge in [-0.3, -0.25) is 4.79 Å². The second-order valence-corrected chi connectivity index (χ2v) is 5.00. The van der Waals surface area contributed by atoms with Crippen LogP contribution in [0.1, 0.15) is 12.0 Å². The number of carbonyl (C=O) groups excluding carboxylic acids is 1. The van der Waals surface area contributed by atoms with Crippen molar-refractivity contribution in [2.24, 2.45) is 0 Å². The van der Waals surface area contributed by atoms with Crippen molar-refractivity contribution in [2.75, 3.05) is 27.7 Å². The number of nitrogens with zero attached hydrogens (tertiary/aromatic N) is 1. The molecule has 1 amide bonds. The highest BCUT2D eigenvalue weighted by molar-refractivity contribution is 9.10. The zero-order valence-corrected chi connectivity index (χ0v) is 12.6. The van der Waals surface area contributed by atoms with Crippen molar-refractivity contribution in [1.82, 2.24) is 10.2 Å². The molecule has 0 saturated carbocycles. The fraction of sp³-hybridized carbons (Fsp3) is 0.462. The average Bonchev–Trinajstić information content (AvgIpc) is 2.32. The quantitative estimate of drug-likeness (QED) is 0.873. The minimum Gasteiger partial charge on any atom is -0.492 e. The normalized spacial score (nSPS) is 10.2. The minimum absolute atomic E-state index is 0.0669. The first kappa shape index (κ1) is 15.0. The molecule has 0 bridgehead atoms. The van der Waals surface area contributed by atoms with Crippen molar-refractivity contribution >= 4 is 21.8 Å². The molecule has 0 unspecified atom stereocenters. The molecular formula is C13H19BrN2O2. The van der Waals surface area contributed by atoms with Crippen molar-refractivity contribution in [2.45, 2.75) is 13.0 Å². The molecule has 18 heavy (non-hydrogen) atoms. The number of para-hydroxylation sites is 1. The van der Waals surface area contributed by atoms with E-state index in [4.69, 9.17) is 4.74 Å². The lowest BCUT2D eigenvalue weighted by Crippen LogP contribution is -2.23. The molecule has 4 nitrogen and oxygen atoms in total. The third kappa shape index (κ3) is 4.31. The summed E-state index contributed by atoms with van der Waals surface area (Å²) >= 11 is 3.47. The van der Waals surface area contributed by atoms with Crippen molar-refractivity contribution in [3.8, 4) is 5.75 Å². The molecule has 0 radical (unpaired) electrons. The SMILES string of the molecule is CNCc1cccc(Br)c1OCCC(=O)N(C)C. The number of rotatable bonds is 6. The van der Waals surface area contributed by atoms with E-state index in [9.17, 15) is 4.79 Å². The summed E-state index contributed by atoms with van der Waals surface area (Å²) in [5.74, 6) is 0.871. The number of ether oxygens (including phenoxy) is 1. The summed E-state index contributed by atoms with van der Waals surface area (Å²) in [6.07, 6.45) is 0.382. The Morgan fingerprint density at radius 1 is 1.44 bits per heavy atom. The molecule has 1 N–H and O–H groups in total. The number of halogens is 1. The maximum atomic E-state index is 11.5. The molecule has 0 saturated heterocycles. The highest BCUT2D eigenvalue weighted by Gasteiger charge is 2.09. The van der Waals surface area contributed by atoms with E-state index in [1.54, 1.807) is 19.0 Å². The molecule has 5 heteroatoms. The maximum Gasteiger partial charge on any atom is 0.225 e. The summed E-state index contributed by atoms with van der Waals surface area (Å²) in [5, 5.41) is 3.09. The summed E-state index contributed by atoms with van der Waals surface area (Å²) in [5.41, 5.74) is 1.07. The predicted octanol–water partition coefficient (Wildman–Crippen LogP) is 2.03. The van der Waals surface area contributed by atoms with Crippen LogP contribution in [-0.2, 0) is 11.3 Å². The van der Waals surface area contributed by atoms with Gasteiger partial charge in [0.05, 0.1) is 17.5 Å². The van der Waals surface area contributed by atoms with E-state index < -0.39 is 0 Å². The van der Waals surface area contributed by atoms with Crippen LogP contribution in [0, 0.1) is 0 Å². The Morgan fingerprint density at radius 2 is 2.17 bits per heavy atom. The summed E-state index contributed by atoms with van der Waals surface area (Å²) < 4.78 is 6.62. The monoisotopic (exact) mass is 314 g/mol. The van der Waals surface area contributed by atoms with Crippen LogP contribution >= 0.6 is 15.9 Å². The van der Waals surface area contributed by atoms with Gasteiger partial charge in [0.25, 0.3) is 0 Å². The van der Waals surface area contributed by atoms with Gasteiger partial charge in [0.1, 0.15) is 5.75 Å². The number of amides is 1. The van der Waals surface area contributed by atoms with Gasteiger partial charge in [-0.05, 0) is 29.0 Å². The van der Waals surface area contributed by atoms with Gasteiger partial charge in [-0.2, -0.15) is 0 Å². The Bertz CT molecular complexity index is 408. The molecular weight excluding hydrogens is 296 g/mol.